The zero-order valence-electron chi connectivity index (χ0n) is 21.3. The molecule has 1 N–H and O–H groups in total. The fraction of sp³-hybridized carbons (Fsp3) is 0.267. The molecule has 4 rings (SSSR count). The molecule has 7 heteroatoms. The van der Waals surface area contributed by atoms with Gasteiger partial charge in [0.25, 0.3) is 11.7 Å². The van der Waals surface area contributed by atoms with Gasteiger partial charge in [0.1, 0.15) is 18.1 Å². The lowest BCUT2D eigenvalue weighted by molar-refractivity contribution is -0.139. The van der Waals surface area contributed by atoms with Crippen LogP contribution in [0.1, 0.15) is 34.7 Å². The van der Waals surface area contributed by atoms with Crippen molar-refractivity contribution < 1.29 is 19.4 Å². The van der Waals surface area contributed by atoms with Crippen LogP contribution < -0.4 is 4.74 Å². The van der Waals surface area contributed by atoms with E-state index in [9.17, 15) is 14.7 Å². The van der Waals surface area contributed by atoms with E-state index >= 15 is 0 Å². The number of carbonyl (C=O) groups excluding carboxylic acids is 2. The standard InChI is InChI=1S/C30H31BrN2O4/c1-20-7-4-5-8-23(20)19-37-25-15-11-22(12-16-25)28(34)26-27(21-9-13-24(31)14-10-21)33(30(36)29(26)35)18-6-17-32(2)3/h4-5,7-16,27,34H,6,17-19H2,1-3H3/b28-26+. The fourth-order valence-corrected chi connectivity index (χ4v) is 4.72. The van der Waals surface area contributed by atoms with Crippen LogP contribution in [0.4, 0.5) is 0 Å². The SMILES string of the molecule is Cc1ccccc1COc1ccc(/C(O)=C2\C(=O)C(=O)N(CCCN(C)C)C2c2ccc(Br)cc2)cc1. The van der Waals surface area contributed by atoms with Crippen molar-refractivity contribution in [3.8, 4) is 5.75 Å². The van der Waals surface area contributed by atoms with E-state index in [0.29, 0.717) is 30.9 Å². The second-order valence-corrected chi connectivity index (χ2v) is 10.4. The molecule has 0 radical (unpaired) electrons. The second kappa shape index (κ2) is 11.8. The maximum Gasteiger partial charge on any atom is 0.295 e. The molecule has 37 heavy (non-hydrogen) atoms. The summed E-state index contributed by atoms with van der Waals surface area (Å²) in [6.07, 6.45) is 0.708. The smallest absolute Gasteiger partial charge is 0.295 e. The molecule has 0 aliphatic carbocycles. The predicted molar refractivity (Wildman–Crippen MR) is 148 cm³/mol. The fourth-order valence-electron chi connectivity index (χ4n) is 4.46. The van der Waals surface area contributed by atoms with Crippen molar-refractivity contribution in [3.63, 3.8) is 0 Å². The number of Topliss-reactive ketones (excluding diaryl/α,β-unsaturated/α-hetero) is 1. The third-order valence-electron chi connectivity index (χ3n) is 6.51. The van der Waals surface area contributed by atoms with Crippen LogP contribution in [-0.4, -0.2) is 53.8 Å². The highest BCUT2D eigenvalue weighted by Gasteiger charge is 2.45. The molecular weight excluding hydrogens is 532 g/mol. The van der Waals surface area contributed by atoms with Crippen molar-refractivity contribution in [3.05, 3.63) is 105 Å². The Hall–Kier alpha value is -3.42. The van der Waals surface area contributed by atoms with Crippen LogP contribution in [0, 0.1) is 6.92 Å². The molecule has 1 amide bonds. The van der Waals surface area contributed by atoms with Crippen molar-refractivity contribution in [2.24, 2.45) is 0 Å². The summed E-state index contributed by atoms with van der Waals surface area (Å²) in [6, 6.07) is 21.8. The van der Waals surface area contributed by atoms with Gasteiger partial charge in [-0.15, -0.1) is 0 Å². The summed E-state index contributed by atoms with van der Waals surface area (Å²) in [5.41, 5.74) is 3.58. The van der Waals surface area contributed by atoms with Crippen molar-refractivity contribution in [2.75, 3.05) is 27.2 Å². The maximum atomic E-state index is 13.2. The summed E-state index contributed by atoms with van der Waals surface area (Å²) >= 11 is 3.44. The van der Waals surface area contributed by atoms with Gasteiger partial charge in [0.15, 0.2) is 0 Å². The maximum absolute atomic E-state index is 13.2. The largest absolute Gasteiger partial charge is 0.507 e. The minimum absolute atomic E-state index is 0.103. The molecule has 0 saturated carbocycles. The number of ether oxygens (including phenoxy) is 1. The number of nitrogens with zero attached hydrogens (tertiary/aromatic N) is 2. The highest BCUT2D eigenvalue weighted by atomic mass is 79.9. The minimum Gasteiger partial charge on any atom is -0.507 e. The van der Waals surface area contributed by atoms with Crippen molar-refractivity contribution >= 4 is 33.4 Å². The molecule has 1 aliphatic heterocycles. The molecule has 0 bridgehead atoms. The van der Waals surface area contributed by atoms with Gasteiger partial charge in [-0.05, 0) is 87.1 Å². The third kappa shape index (κ3) is 6.12. The first kappa shape index (κ1) is 26.6. The lowest BCUT2D eigenvalue weighted by Crippen LogP contribution is -2.32. The second-order valence-electron chi connectivity index (χ2n) is 9.44. The summed E-state index contributed by atoms with van der Waals surface area (Å²) < 4.78 is 6.81. The molecule has 3 aromatic carbocycles. The first-order valence-corrected chi connectivity index (χ1v) is 13.0. The number of rotatable bonds is 9. The van der Waals surface area contributed by atoms with Crippen molar-refractivity contribution in [1.29, 1.82) is 0 Å². The van der Waals surface area contributed by atoms with Crippen LogP contribution in [-0.2, 0) is 16.2 Å². The highest BCUT2D eigenvalue weighted by molar-refractivity contribution is 9.10. The topological polar surface area (TPSA) is 70.1 Å². The Kier molecular flexibility index (Phi) is 8.46. The zero-order valence-corrected chi connectivity index (χ0v) is 22.9. The molecule has 192 valence electrons. The number of ketones is 1. The molecule has 6 nitrogen and oxygen atoms in total. The Balaban J connectivity index is 1.63. The Bertz CT molecular complexity index is 1300. The van der Waals surface area contributed by atoms with Gasteiger partial charge in [0.05, 0.1) is 11.6 Å². The van der Waals surface area contributed by atoms with Gasteiger partial charge in [0, 0.05) is 16.6 Å². The molecule has 1 unspecified atom stereocenters. The number of benzene rings is 3. The molecule has 1 atom stereocenters. The normalized spacial score (nSPS) is 17.0. The van der Waals surface area contributed by atoms with Gasteiger partial charge in [0.2, 0.25) is 0 Å². The third-order valence-corrected chi connectivity index (χ3v) is 7.04. The van der Waals surface area contributed by atoms with Crippen LogP contribution in [0.25, 0.3) is 5.76 Å². The molecule has 0 aromatic heterocycles. The first-order chi connectivity index (χ1) is 17.8. The average molecular weight is 563 g/mol. The summed E-state index contributed by atoms with van der Waals surface area (Å²) in [5.74, 6) is -0.804. The van der Waals surface area contributed by atoms with Crippen molar-refractivity contribution in [2.45, 2.75) is 26.0 Å². The number of aryl methyl sites for hydroxylation is 1. The number of likely N-dealkylation sites (tertiary alicyclic amines) is 1. The Morgan fingerprint density at radius 1 is 1.00 bits per heavy atom. The number of halogens is 1. The molecule has 1 saturated heterocycles. The van der Waals surface area contributed by atoms with Gasteiger partial charge < -0.3 is 19.6 Å². The quantitative estimate of drug-likeness (QED) is 0.205. The molecule has 1 heterocycles. The van der Waals surface area contributed by atoms with E-state index in [4.69, 9.17) is 4.74 Å². The molecule has 1 aliphatic rings. The van der Waals surface area contributed by atoms with Gasteiger partial charge in [-0.1, -0.05) is 52.3 Å². The number of hydrogen-bond donors (Lipinski definition) is 1. The van der Waals surface area contributed by atoms with E-state index in [1.807, 2.05) is 74.4 Å². The predicted octanol–water partition coefficient (Wildman–Crippen LogP) is 5.71. The van der Waals surface area contributed by atoms with E-state index in [0.717, 1.165) is 27.7 Å². The van der Waals surface area contributed by atoms with E-state index in [2.05, 4.69) is 15.9 Å². The summed E-state index contributed by atoms with van der Waals surface area (Å²) in [4.78, 5) is 29.9. The van der Waals surface area contributed by atoms with Gasteiger partial charge in [-0.3, -0.25) is 9.59 Å². The summed E-state index contributed by atoms with van der Waals surface area (Å²) in [6.45, 7) is 3.66. The van der Waals surface area contributed by atoms with Crippen molar-refractivity contribution in [1.82, 2.24) is 9.80 Å². The van der Waals surface area contributed by atoms with Gasteiger partial charge in [-0.2, -0.15) is 0 Å². The zero-order chi connectivity index (χ0) is 26.5. The minimum atomic E-state index is -0.671. The van der Waals surface area contributed by atoms with E-state index in [-0.39, 0.29) is 11.3 Å². The van der Waals surface area contributed by atoms with Crippen LogP contribution in [0.2, 0.25) is 0 Å². The summed E-state index contributed by atoms with van der Waals surface area (Å²) in [5, 5.41) is 11.3. The number of aliphatic hydroxyl groups is 1. The molecule has 1 fully saturated rings. The van der Waals surface area contributed by atoms with E-state index in [1.54, 1.807) is 29.2 Å². The first-order valence-electron chi connectivity index (χ1n) is 12.2. The number of hydrogen-bond acceptors (Lipinski definition) is 5. The van der Waals surface area contributed by atoms with Gasteiger partial charge in [-0.25, -0.2) is 0 Å². The van der Waals surface area contributed by atoms with Crippen LogP contribution in [0.5, 0.6) is 5.75 Å². The van der Waals surface area contributed by atoms with E-state index < -0.39 is 17.7 Å². The highest BCUT2D eigenvalue weighted by Crippen LogP contribution is 2.40. The number of amides is 1. The lowest BCUT2D eigenvalue weighted by atomic mass is 9.95. The summed E-state index contributed by atoms with van der Waals surface area (Å²) in [7, 11) is 3.93. The number of aliphatic hydroxyl groups excluding tert-OH is 1. The van der Waals surface area contributed by atoms with Gasteiger partial charge >= 0.3 is 0 Å². The molecular formula is C30H31BrN2O4. The van der Waals surface area contributed by atoms with Crippen LogP contribution >= 0.6 is 15.9 Å². The average Bonchev–Trinajstić information content (AvgIpc) is 3.13. The molecule has 0 spiro atoms. The monoisotopic (exact) mass is 562 g/mol. The Morgan fingerprint density at radius 3 is 2.32 bits per heavy atom. The van der Waals surface area contributed by atoms with Crippen LogP contribution in [0.15, 0.2) is 82.8 Å². The Labute approximate surface area is 226 Å². The number of carbonyl (C=O) groups is 2. The van der Waals surface area contributed by atoms with E-state index in [1.165, 1.54) is 0 Å². The Morgan fingerprint density at radius 2 is 1.68 bits per heavy atom. The lowest BCUT2D eigenvalue weighted by Gasteiger charge is -2.26. The molecule has 3 aromatic rings. The van der Waals surface area contributed by atoms with Crippen LogP contribution in [0.3, 0.4) is 0 Å².